The zero-order valence-corrected chi connectivity index (χ0v) is 16.3. The number of carbonyl (C=O) groups is 2. The molecule has 2 N–H and O–H groups in total. The molecule has 4 rings (SSSR count). The zero-order valence-electron chi connectivity index (χ0n) is 16.3. The molecule has 1 aliphatic rings. The number of carbonyl (C=O) groups excluding carboxylic acids is 2. The molecule has 0 aromatic heterocycles. The van der Waals surface area contributed by atoms with Crippen LogP contribution in [0.25, 0.3) is 0 Å². The monoisotopic (exact) mass is 402 g/mol. The number of urea groups is 1. The molecule has 152 valence electrons. The average molecular weight is 402 g/mol. The maximum Gasteiger partial charge on any atom is 0.322 e. The quantitative estimate of drug-likeness (QED) is 0.565. The molecule has 6 heteroatoms. The van der Waals surface area contributed by atoms with Crippen molar-refractivity contribution in [3.8, 4) is 11.5 Å². The van der Waals surface area contributed by atoms with E-state index in [1.807, 2.05) is 78.9 Å². The SMILES string of the molecule is O=C1NC(=O)[C@@H](Cc2ccc(OCc3ccccc3)c(OCc3ccccc3)c2)N1. The average Bonchev–Trinajstić information content (AvgIpc) is 3.09. The summed E-state index contributed by atoms with van der Waals surface area (Å²) in [5.74, 6) is 0.895. The van der Waals surface area contributed by atoms with E-state index in [0.29, 0.717) is 31.1 Å². The van der Waals surface area contributed by atoms with Crippen molar-refractivity contribution >= 4 is 11.9 Å². The van der Waals surface area contributed by atoms with Gasteiger partial charge < -0.3 is 14.8 Å². The summed E-state index contributed by atoms with van der Waals surface area (Å²) in [7, 11) is 0. The minimum absolute atomic E-state index is 0.323. The van der Waals surface area contributed by atoms with E-state index >= 15 is 0 Å². The fraction of sp³-hybridized carbons (Fsp3) is 0.167. The van der Waals surface area contributed by atoms with Crippen molar-refractivity contribution in [3.63, 3.8) is 0 Å². The molecule has 1 atom stereocenters. The van der Waals surface area contributed by atoms with Crippen LogP contribution in [0.2, 0.25) is 0 Å². The Morgan fingerprint density at radius 3 is 1.87 bits per heavy atom. The summed E-state index contributed by atoms with van der Waals surface area (Å²) in [6, 6.07) is 24.3. The summed E-state index contributed by atoms with van der Waals surface area (Å²) in [5, 5.41) is 4.87. The number of benzene rings is 3. The Bertz CT molecular complexity index is 1020. The molecule has 3 aromatic carbocycles. The highest BCUT2D eigenvalue weighted by Crippen LogP contribution is 2.30. The van der Waals surface area contributed by atoms with Crippen LogP contribution in [0.5, 0.6) is 11.5 Å². The molecular formula is C24H22N2O4. The first-order chi connectivity index (χ1) is 14.7. The van der Waals surface area contributed by atoms with Crippen molar-refractivity contribution in [3.05, 3.63) is 95.6 Å². The summed E-state index contributed by atoms with van der Waals surface area (Å²) in [4.78, 5) is 23.2. The molecule has 1 heterocycles. The first kappa shape index (κ1) is 19.5. The lowest BCUT2D eigenvalue weighted by Crippen LogP contribution is -2.31. The molecule has 1 fully saturated rings. The molecule has 1 saturated heterocycles. The van der Waals surface area contributed by atoms with Gasteiger partial charge in [0.2, 0.25) is 0 Å². The molecule has 0 unspecified atom stereocenters. The van der Waals surface area contributed by atoms with Crippen LogP contribution in [-0.4, -0.2) is 18.0 Å². The highest BCUT2D eigenvalue weighted by Gasteiger charge is 2.29. The van der Waals surface area contributed by atoms with Crippen LogP contribution in [0.1, 0.15) is 16.7 Å². The Morgan fingerprint density at radius 2 is 1.30 bits per heavy atom. The van der Waals surface area contributed by atoms with Crippen LogP contribution in [0.4, 0.5) is 4.79 Å². The Balaban J connectivity index is 1.51. The van der Waals surface area contributed by atoms with Crippen molar-refractivity contribution in [1.29, 1.82) is 0 Å². The second kappa shape index (κ2) is 9.13. The van der Waals surface area contributed by atoms with E-state index in [4.69, 9.17) is 9.47 Å². The lowest BCUT2D eigenvalue weighted by molar-refractivity contribution is -0.120. The van der Waals surface area contributed by atoms with Crippen LogP contribution in [0, 0.1) is 0 Å². The van der Waals surface area contributed by atoms with Gasteiger partial charge in [-0.3, -0.25) is 10.1 Å². The fourth-order valence-electron chi connectivity index (χ4n) is 3.22. The molecule has 3 amide bonds. The molecule has 0 aliphatic carbocycles. The third-order valence-electron chi connectivity index (χ3n) is 4.78. The van der Waals surface area contributed by atoms with E-state index in [9.17, 15) is 9.59 Å². The number of hydrogen-bond acceptors (Lipinski definition) is 4. The number of ether oxygens (including phenoxy) is 2. The van der Waals surface area contributed by atoms with Crippen LogP contribution in [-0.2, 0) is 24.4 Å². The Labute approximate surface area is 174 Å². The van der Waals surface area contributed by atoms with Crippen molar-refractivity contribution in [2.24, 2.45) is 0 Å². The van der Waals surface area contributed by atoms with Crippen LogP contribution < -0.4 is 20.1 Å². The molecule has 0 saturated carbocycles. The van der Waals surface area contributed by atoms with Gasteiger partial charge in [0.05, 0.1) is 0 Å². The standard InChI is InChI=1S/C24H22N2O4/c27-23-20(25-24(28)26-23)13-19-11-12-21(29-15-17-7-3-1-4-8-17)22(14-19)30-16-18-9-5-2-6-10-18/h1-12,14,20H,13,15-16H2,(H2,25,26,27,28)/t20-/m1/s1. The summed E-state index contributed by atoms with van der Waals surface area (Å²) in [6.45, 7) is 0.815. The topological polar surface area (TPSA) is 76.7 Å². The first-order valence-corrected chi connectivity index (χ1v) is 9.75. The number of hydrogen-bond donors (Lipinski definition) is 2. The van der Waals surface area contributed by atoms with E-state index in [1.54, 1.807) is 0 Å². The highest BCUT2D eigenvalue weighted by molar-refractivity contribution is 6.04. The smallest absolute Gasteiger partial charge is 0.322 e. The molecule has 0 bridgehead atoms. The van der Waals surface area contributed by atoms with Gasteiger partial charge in [-0.2, -0.15) is 0 Å². The van der Waals surface area contributed by atoms with E-state index in [0.717, 1.165) is 16.7 Å². The Hall–Kier alpha value is -3.80. The van der Waals surface area contributed by atoms with Gasteiger partial charge in [0.15, 0.2) is 11.5 Å². The van der Waals surface area contributed by atoms with Gasteiger partial charge in [-0.05, 0) is 28.8 Å². The normalized spacial score (nSPS) is 15.4. The van der Waals surface area contributed by atoms with Crippen LogP contribution in [0.3, 0.4) is 0 Å². The zero-order chi connectivity index (χ0) is 20.8. The fourth-order valence-corrected chi connectivity index (χ4v) is 3.22. The van der Waals surface area contributed by atoms with Crippen LogP contribution >= 0.6 is 0 Å². The maximum absolute atomic E-state index is 11.9. The van der Waals surface area contributed by atoms with E-state index in [-0.39, 0.29) is 5.91 Å². The van der Waals surface area contributed by atoms with E-state index < -0.39 is 12.1 Å². The third kappa shape index (κ3) is 4.97. The minimum Gasteiger partial charge on any atom is -0.485 e. The second-order valence-electron chi connectivity index (χ2n) is 7.05. The van der Waals surface area contributed by atoms with Crippen molar-refractivity contribution < 1.29 is 19.1 Å². The van der Waals surface area contributed by atoms with E-state index in [1.165, 1.54) is 0 Å². The van der Waals surface area contributed by atoms with Crippen molar-refractivity contribution in [2.45, 2.75) is 25.7 Å². The van der Waals surface area contributed by atoms with Gasteiger partial charge in [-0.1, -0.05) is 66.7 Å². The van der Waals surface area contributed by atoms with Crippen molar-refractivity contribution in [1.82, 2.24) is 10.6 Å². The molecule has 0 spiro atoms. The first-order valence-electron chi connectivity index (χ1n) is 9.75. The largest absolute Gasteiger partial charge is 0.485 e. The van der Waals surface area contributed by atoms with Gasteiger partial charge >= 0.3 is 6.03 Å². The second-order valence-corrected chi connectivity index (χ2v) is 7.05. The molecular weight excluding hydrogens is 380 g/mol. The predicted octanol–water partition coefficient (Wildman–Crippen LogP) is 3.60. The van der Waals surface area contributed by atoms with Crippen LogP contribution in [0.15, 0.2) is 78.9 Å². The lowest BCUT2D eigenvalue weighted by atomic mass is 10.1. The molecule has 1 aliphatic heterocycles. The Morgan fingerprint density at radius 1 is 0.700 bits per heavy atom. The number of nitrogens with one attached hydrogen (secondary N) is 2. The number of amides is 3. The summed E-state index contributed by atoms with van der Waals surface area (Å²) in [6.07, 6.45) is 0.373. The highest BCUT2D eigenvalue weighted by atomic mass is 16.5. The maximum atomic E-state index is 11.9. The molecule has 6 nitrogen and oxygen atoms in total. The van der Waals surface area contributed by atoms with Gasteiger partial charge in [-0.15, -0.1) is 0 Å². The third-order valence-corrected chi connectivity index (χ3v) is 4.78. The number of imide groups is 1. The lowest BCUT2D eigenvalue weighted by Gasteiger charge is -2.15. The van der Waals surface area contributed by atoms with Gasteiger partial charge in [-0.25, -0.2) is 4.79 Å². The number of rotatable bonds is 8. The summed E-state index contributed by atoms with van der Waals surface area (Å²) < 4.78 is 12.1. The minimum atomic E-state index is -0.587. The summed E-state index contributed by atoms with van der Waals surface area (Å²) >= 11 is 0. The Kier molecular flexibility index (Phi) is 5.94. The van der Waals surface area contributed by atoms with Crippen molar-refractivity contribution in [2.75, 3.05) is 0 Å². The van der Waals surface area contributed by atoms with Gasteiger partial charge in [0.1, 0.15) is 19.3 Å². The van der Waals surface area contributed by atoms with Gasteiger partial charge in [0.25, 0.3) is 5.91 Å². The molecule has 30 heavy (non-hydrogen) atoms. The predicted molar refractivity (Wildman–Crippen MR) is 112 cm³/mol. The molecule has 3 aromatic rings. The van der Waals surface area contributed by atoms with Gasteiger partial charge in [0, 0.05) is 6.42 Å². The summed E-state index contributed by atoms with van der Waals surface area (Å²) in [5.41, 5.74) is 2.97. The van der Waals surface area contributed by atoms with E-state index in [2.05, 4.69) is 10.6 Å². The molecule has 0 radical (unpaired) electrons.